The van der Waals surface area contributed by atoms with Gasteiger partial charge in [-0.15, -0.1) is 0 Å². The van der Waals surface area contributed by atoms with Crippen LogP contribution >= 0.6 is 0 Å². The molecule has 1 aromatic heterocycles. The lowest BCUT2D eigenvalue weighted by Crippen LogP contribution is -2.07. The van der Waals surface area contributed by atoms with Crippen LogP contribution in [0.15, 0.2) is 24.4 Å². The summed E-state index contributed by atoms with van der Waals surface area (Å²) in [5, 5.41) is 0.805. The van der Waals surface area contributed by atoms with Gasteiger partial charge in [0.2, 0.25) is 0 Å². The van der Waals surface area contributed by atoms with E-state index in [1.54, 1.807) is 19.2 Å². The summed E-state index contributed by atoms with van der Waals surface area (Å²) in [6.45, 7) is 4.16. The number of pyridine rings is 1. The van der Waals surface area contributed by atoms with Gasteiger partial charge in [-0.1, -0.05) is 6.92 Å². The summed E-state index contributed by atoms with van der Waals surface area (Å²) in [7, 11) is 0. The van der Waals surface area contributed by atoms with E-state index in [2.05, 4.69) is 4.98 Å². The van der Waals surface area contributed by atoms with Crippen LogP contribution in [0, 0.1) is 0 Å². The highest BCUT2D eigenvalue weighted by Gasteiger charge is 2.14. The van der Waals surface area contributed by atoms with E-state index in [4.69, 9.17) is 10.5 Å². The van der Waals surface area contributed by atoms with Crippen molar-refractivity contribution in [1.29, 1.82) is 0 Å². The van der Waals surface area contributed by atoms with Crippen molar-refractivity contribution in [2.45, 2.75) is 20.3 Å². The molecule has 0 aliphatic rings. The Kier molecular flexibility index (Phi) is 3.46. The van der Waals surface area contributed by atoms with E-state index in [0.29, 0.717) is 23.4 Å². The summed E-state index contributed by atoms with van der Waals surface area (Å²) in [5.41, 5.74) is 8.69. The quantitative estimate of drug-likeness (QED) is 0.843. The summed E-state index contributed by atoms with van der Waals surface area (Å²) < 4.78 is 5.06. The first-order chi connectivity index (χ1) is 8.67. The minimum absolute atomic E-state index is 0.346. The van der Waals surface area contributed by atoms with Gasteiger partial charge in [-0.05, 0) is 37.1 Å². The molecule has 4 heteroatoms. The van der Waals surface area contributed by atoms with Gasteiger partial charge in [0.1, 0.15) is 0 Å². The highest BCUT2D eigenvalue weighted by atomic mass is 16.5. The Bertz CT molecular complexity index is 594. The first kappa shape index (κ1) is 12.4. The fourth-order valence-electron chi connectivity index (χ4n) is 1.90. The van der Waals surface area contributed by atoms with Crippen molar-refractivity contribution in [2.24, 2.45) is 0 Å². The molecular formula is C14H16N2O2. The molecular weight excluding hydrogens is 228 g/mol. The Morgan fingerprint density at radius 1 is 1.39 bits per heavy atom. The number of benzene rings is 1. The molecule has 18 heavy (non-hydrogen) atoms. The third-order valence-corrected chi connectivity index (χ3v) is 2.84. The number of ether oxygens (including phenoxy) is 1. The van der Waals surface area contributed by atoms with Gasteiger partial charge in [0.25, 0.3) is 0 Å². The smallest absolute Gasteiger partial charge is 0.340 e. The largest absolute Gasteiger partial charge is 0.462 e. The van der Waals surface area contributed by atoms with Crippen LogP contribution in [-0.2, 0) is 11.2 Å². The molecule has 2 N–H and O–H groups in total. The van der Waals surface area contributed by atoms with Crippen molar-refractivity contribution in [3.05, 3.63) is 35.5 Å². The zero-order valence-corrected chi connectivity index (χ0v) is 10.6. The highest BCUT2D eigenvalue weighted by molar-refractivity contribution is 6.06. The minimum Gasteiger partial charge on any atom is -0.462 e. The van der Waals surface area contributed by atoms with E-state index in [1.807, 2.05) is 19.1 Å². The second kappa shape index (κ2) is 5.04. The first-order valence-electron chi connectivity index (χ1n) is 6.01. The number of esters is 1. The Hall–Kier alpha value is -2.10. The first-order valence-corrected chi connectivity index (χ1v) is 6.01. The lowest BCUT2D eigenvalue weighted by Gasteiger charge is -2.09. The number of hydrogen-bond donors (Lipinski definition) is 1. The number of aryl methyl sites for hydroxylation is 1. The van der Waals surface area contributed by atoms with Crippen LogP contribution in [0.25, 0.3) is 10.9 Å². The monoisotopic (exact) mass is 244 g/mol. The maximum Gasteiger partial charge on any atom is 0.340 e. The number of anilines is 1. The lowest BCUT2D eigenvalue weighted by atomic mass is 10.0. The summed E-state index contributed by atoms with van der Waals surface area (Å²) >= 11 is 0. The number of hydrogen-bond acceptors (Lipinski definition) is 4. The molecule has 0 aliphatic carbocycles. The van der Waals surface area contributed by atoms with Gasteiger partial charge < -0.3 is 10.5 Å². The third kappa shape index (κ3) is 2.14. The van der Waals surface area contributed by atoms with Gasteiger partial charge in [-0.2, -0.15) is 0 Å². The second-order valence-electron chi connectivity index (χ2n) is 4.01. The molecule has 0 amide bonds. The summed E-state index contributed by atoms with van der Waals surface area (Å²) in [6.07, 6.45) is 2.43. The minimum atomic E-state index is -0.351. The molecule has 0 aliphatic heterocycles. The molecule has 1 aromatic carbocycles. The molecule has 2 aromatic rings. The zero-order valence-electron chi connectivity index (χ0n) is 10.6. The Labute approximate surface area is 106 Å². The number of nitrogens with zero attached hydrogens (tertiary/aromatic N) is 1. The fourth-order valence-corrected chi connectivity index (χ4v) is 1.90. The number of rotatable bonds is 3. The zero-order chi connectivity index (χ0) is 13.1. The van der Waals surface area contributed by atoms with Crippen molar-refractivity contribution >= 4 is 22.6 Å². The molecule has 1 heterocycles. The Morgan fingerprint density at radius 3 is 2.83 bits per heavy atom. The van der Waals surface area contributed by atoms with Crippen LogP contribution in [0.3, 0.4) is 0 Å². The van der Waals surface area contributed by atoms with Crippen molar-refractivity contribution in [3.63, 3.8) is 0 Å². The number of nitrogen functional groups attached to an aromatic ring is 1. The standard InChI is InChI=1S/C14H16N2O2/c1-3-9-7-10-12(15)5-6-16-13(10)11(8-9)14(17)18-4-2/h5-8H,3-4H2,1-2H3,(H2,15,16). The molecule has 0 saturated carbocycles. The van der Waals surface area contributed by atoms with E-state index in [-0.39, 0.29) is 5.97 Å². The van der Waals surface area contributed by atoms with Gasteiger partial charge >= 0.3 is 5.97 Å². The molecule has 0 atom stereocenters. The average Bonchev–Trinajstić information content (AvgIpc) is 2.38. The Morgan fingerprint density at radius 2 is 2.17 bits per heavy atom. The molecule has 0 radical (unpaired) electrons. The number of nitrogens with two attached hydrogens (primary N) is 1. The van der Waals surface area contributed by atoms with Crippen molar-refractivity contribution in [2.75, 3.05) is 12.3 Å². The van der Waals surface area contributed by atoms with Crippen LogP contribution in [0.5, 0.6) is 0 Å². The maximum absolute atomic E-state index is 11.9. The average molecular weight is 244 g/mol. The van der Waals surface area contributed by atoms with Crippen LogP contribution in [0.2, 0.25) is 0 Å². The third-order valence-electron chi connectivity index (χ3n) is 2.84. The second-order valence-corrected chi connectivity index (χ2v) is 4.01. The van der Waals surface area contributed by atoms with E-state index >= 15 is 0 Å². The predicted octanol–water partition coefficient (Wildman–Crippen LogP) is 2.56. The summed E-state index contributed by atoms with van der Waals surface area (Å²) in [5.74, 6) is -0.351. The molecule has 4 nitrogen and oxygen atoms in total. The van der Waals surface area contributed by atoms with Gasteiger partial charge in [0, 0.05) is 17.3 Å². The van der Waals surface area contributed by atoms with Crippen molar-refractivity contribution in [1.82, 2.24) is 4.98 Å². The van der Waals surface area contributed by atoms with Crippen LogP contribution in [0.4, 0.5) is 5.69 Å². The summed E-state index contributed by atoms with van der Waals surface area (Å²) in [6, 6.07) is 5.53. The lowest BCUT2D eigenvalue weighted by molar-refractivity contribution is 0.0528. The van der Waals surface area contributed by atoms with Crippen molar-refractivity contribution < 1.29 is 9.53 Å². The van der Waals surface area contributed by atoms with E-state index in [1.165, 1.54) is 0 Å². The number of carbonyl (C=O) groups is 1. The van der Waals surface area contributed by atoms with E-state index in [9.17, 15) is 4.79 Å². The van der Waals surface area contributed by atoms with Crippen LogP contribution in [-0.4, -0.2) is 17.6 Å². The SMILES string of the molecule is CCOC(=O)c1cc(CC)cc2c(N)ccnc12. The number of fused-ring (bicyclic) bond motifs is 1. The molecule has 2 rings (SSSR count). The number of aromatic nitrogens is 1. The molecule has 0 spiro atoms. The Balaban J connectivity index is 2.70. The van der Waals surface area contributed by atoms with Crippen molar-refractivity contribution in [3.8, 4) is 0 Å². The van der Waals surface area contributed by atoms with Gasteiger partial charge in [-0.25, -0.2) is 4.79 Å². The van der Waals surface area contributed by atoms with Gasteiger partial charge in [0.15, 0.2) is 0 Å². The van der Waals surface area contributed by atoms with E-state index in [0.717, 1.165) is 17.4 Å². The highest BCUT2D eigenvalue weighted by Crippen LogP contribution is 2.25. The fraction of sp³-hybridized carbons (Fsp3) is 0.286. The van der Waals surface area contributed by atoms with Gasteiger partial charge in [0.05, 0.1) is 17.7 Å². The molecule has 94 valence electrons. The molecule has 0 fully saturated rings. The molecule has 0 bridgehead atoms. The van der Waals surface area contributed by atoms with Crippen LogP contribution in [0.1, 0.15) is 29.8 Å². The molecule has 0 unspecified atom stereocenters. The maximum atomic E-state index is 11.9. The topological polar surface area (TPSA) is 65.2 Å². The predicted molar refractivity (Wildman–Crippen MR) is 71.5 cm³/mol. The van der Waals surface area contributed by atoms with Gasteiger partial charge in [-0.3, -0.25) is 4.98 Å². The summed E-state index contributed by atoms with van der Waals surface area (Å²) in [4.78, 5) is 16.2. The number of carbonyl (C=O) groups excluding carboxylic acids is 1. The molecule has 0 saturated heterocycles. The van der Waals surface area contributed by atoms with E-state index < -0.39 is 0 Å². The normalized spacial score (nSPS) is 10.6. The van der Waals surface area contributed by atoms with Crippen LogP contribution < -0.4 is 5.73 Å².